The van der Waals surface area contributed by atoms with E-state index in [2.05, 4.69) is 14.7 Å². The van der Waals surface area contributed by atoms with Crippen molar-refractivity contribution >= 4 is 23.1 Å². The number of halogens is 3. The van der Waals surface area contributed by atoms with Crippen LogP contribution in [0.5, 0.6) is 5.75 Å². The van der Waals surface area contributed by atoms with Crippen molar-refractivity contribution < 1.29 is 22.1 Å². The number of aromatic nitrogens is 2. The molecule has 0 fully saturated rings. The molecule has 2 rings (SSSR count). The van der Waals surface area contributed by atoms with Crippen molar-refractivity contribution in [3.05, 3.63) is 18.2 Å². The highest BCUT2D eigenvalue weighted by molar-refractivity contribution is 7.94. The van der Waals surface area contributed by atoms with Gasteiger partial charge in [-0.15, -0.1) is 13.2 Å². The molecular formula is C9H7F3N2O2S. The quantitative estimate of drug-likeness (QED) is 0.865. The summed E-state index contributed by atoms with van der Waals surface area (Å²) in [5.41, 5.74) is 0.991. The third-order valence-electron chi connectivity index (χ3n) is 1.83. The Morgan fingerprint density at radius 1 is 1.35 bits per heavy atom. The molecule has 1 aromatic carbocycles. The molecule has 0 bridgehead atoms. The fraction of sp³-hybridized carbons (Fsp3) is 0.222. The number of ether oxygens (including phenoxy) is 1. The van der Waals surface area contributed by atoms with Crippen LogP contribution in [0.15, 0.2) is 23.4 Å². The molecule has 0 saturated heterocycles. The SMILES string of the molecule is COSc1nc2ccc(OC(F)(F)F)cc2[nH]1. The van der Waals surface area contributed by atoms with E-state index >= 15 is 0 Å². The molecule has 8 heteroatoms. The van der Waals surface area contributed by atoms with E-state index in [0.29, 0.717) is 16.2 Å². The first kappa shape index (κ1) is 12.1. The smallest absolute Gasteiger partial charge is 0.406 e. The van der Waals surface area contributed by atoms with Crippen molar-refractivity contribution in [2.75, 3.05) is 7.11 Å². The Kier molecular flexibility index (Phi) is 3.16. The number of H-pyrrole nitrogens is 1. The van der Waals surface area contributed by atoms with Crippen LogP contribution in [-0.4, -0.2) is 23.4 Å². The number of fused-ring (bicyclic) bond motifs is 1. The maximum absolute atomic E-state index is 12.0. The molecule has 0 radical (unpaired) electrons. The molecule has 0 atom stereocenters. The zero-order valence-electron chi connectivity index (χ0n) is 8.54. The maximum Gasteiger partial charge on any atom is 0.573 e. The predicted octanol–water partition coefficient (Wildman–Crippen LogP) is 3.12. The van der Waals surface area contributed by atoms with Gasteiger partial charge in [0.1, 0.15) is 5.75 Å². The number of nitrogens with one attached hydrogen (secondary N) is 1. The summed E-state index contributed by atoms with van der Waals surface area (Å²) >= 11 is 0.990. The van der Waals surface area contributed by atoms with Crippen LogP contribution in [0, 0.1) is 0 Å². The van der Waals surface area contributed by atoms with Crippen LogP contribution < -0.4 is 4.74 Å². The van der Waals surface area contributed by atoms with Gasteiger partial charge in [0.15, 0.2) is 5.16 Å². The molecule has 0 aliphatic rings. The lowest BCUT2D eigenvalue weighted by Crippen LogP contribution is -2.16. The van der Waals surface area contributed by atoms with E-state index < -0.39 is 6.36 Å². The second-order valence-corrected chi connectivity index (χ2v) is 3.91. The summed E-state index contributed by atoms with van der Waals surface area (Å²) in [4.78, 5) is 6.89. The summed E-state index contributed by atoms with van der Waals surface area (Å²) in [6.45, 7) is 0. The standard InChI is InChI=1S/C9H7F3N2O2S/c1-15-17-8-13-6-3-2-5(4-7(6)14-8)16-9(10,11)12/h2-4H,1H3,(H,13,14). The number of nitrogens with zero attached hydrogens (tertiary/aromatic N) is 1. The zero-order valence-corrected chi connectivity index (χ0v) is 9.35. The summed E-state index contributed by atoms with van der Waals surface area (Å²) in [5.74, 6) is -0.289. The molecule has 4 nitrogen and oxygen atoms in total. The van der Waals surface area contributed by atoms with Gasteiger partial charge >= 0.3 is 6.36 Å². The molecule has 1 N–H and O–H groups in total. The minimum atomic E-state index is -4.70. The lowest BCUT2D eigenvalue weighted by atomic mass is 10.3. The maximum atomic E-state index is 12.0. The molecular weight excluding hydrogens is 257 g/mol. The number of imidazole rings is 1. The highest BCUT2D eigenvalue weighted by Crippen LogP contribution is 2.27. The van der Waals surface area contributed by atoms with Crippen molar-refractivity contribution in [1.29, 1.82) is 0 Å². The van der Waals surface area contributed by atoms with Crippen molar-refractivity contribution in [3.63, 3.8) is 0 Å². The fourth-order valence-corrected chi connectivity index (χ4v) is 1.73. The monoisotopic (exact) mass is 264 g/mol. The minimum absolute atomic E-state index is 0.289. The summed E-state index contributed by atoms with van der Waals surface area (Å²) in [5, 5.41) is 0.464. The largest absolute Gasteiger partial charge is 0.573 e. The first-order chi connectivity index (χ1) is 7.98. The van der Waals surface area contributed by atoms with E-state index in [0.717, 1.165) is 12.0 Å². The van der Waals surface area contributed by atoms with E-state index in [9.17, 15) is 13.2 Å². The van der Waals surface area contributed by atoms with E-state index in [1.165, 1.54) is 25.3 Å². The summed E-state index contributed by atoms with van der Waals surface area (Å²) in [7, 11) is 1.47. The molecule has 0 unspecified atom stereocenters. The molecule has 0 amide bonds. The van der Waals surface area contributed by atoms with Gasteiger partial charge in [0.05, 0.1) is 30.2 Å². The van der Waals surface area contributed by atoms with Crippen LogP contribution in [0.2, 0.25) is 0 Å². The first-order valence-electron chi connectivity index (χ1n) is 4.44. The molecule has 1 heterocycles. The third kappa shape index (κ3) is 3.04. The molecule has 1 aromatic heterocycles. The van der Waals surface area contributed by atoms with Gasteiger partial charge < -0.3 is 13.9 Å². The predicted molar refractivity (Wildman–Crippen MR) is 55.6 cm³/mol. The average Bonchev–Trinajstić information content (AvgIpc) is 2.57. The van der Waals surface area contributed by atoms with Gasteiger partial charge in [-0.1, -0.05) is 0 Å². The lowest BCUT2D eigenvalue weighted by Gasteiger charge is -2.07. The van der Waals surface area contributed by atoms with Gasteiger partial charge in [-0.25, -0.2) is 4.98 Å². The van der Waals surface area contributed by atoms with E-state index in [4.69, 9.17) is 4.18 Å². The number of hydrogen-bond acceptors (Lipinski definition) is 4. The van der Waals surface area contributed by atoms with Crippen molar-refractivity contribution in [2.45, 2.75) is 11.5 Å². The number of rotatable bonds is 3. The Labute approximate surface area is 98.3 Å². The number of aromatic amines is 1. The normalized spacial score (nSPS) is 12.0. The molecule has 17 heavy (non-hydrogen) atoms. The Bertz CT molecular complexity index is 526. The number of alkyl halides is 3. The molecule has 0 saturated carbocycles. The van der Waals surface area contributed by atoms with Crippen molar-refractivity contribution in [3.8, 4) is 5.75 Å². The van der Waals surface area contributed by atoms with Gasteiger partial charge in [0, 0.05) is 6.07 Å². The van der Waals surface area contributed by atoms with E-state index in [1.807, 2.05) is 0 Å². The Morgan fingerprint density at radius 2 is 2.12 bits per heavy atom. The Morgan fingerprint density at radius 3 is 2.76 bits per heavy atom. The van der Waals surface area contributed by atoms with E-state index in [-0.39, 0.29) is 5.75 Å². The second kappa shape index (κ2) is 4.46. The molecule has 0 aliphatic carbocycles. The lowest BCUT2D eigenvalue weighted by molar-refractivity contribution is -0.274. The topological polar surface area (TPSA) is 47.1 Å². The van der Waals surface area contributed by atoms with Gasteiger partial charge in [0.25, 0.3) is 0 Å². The Hall–Kier alpha value is -1.41. The van der Waals surface area contributed by atoms with Gasteiger partial charge in [-0.3, -0.25) is 0 Å². The van der Waals surface area contributed by atoms with Gasteiger partial charge in [0.2, 0.25) is 0 Å². The summed E-state index contributed by atoms with van der Waals surface area (Å²) < 4.78 is 44.6. The minimum Gasteiger partial charge on any atom is -0.406 e. The first-order valence-corrected chi connectivity index (χ1v) is 5.18. The molecule has 0 aliphatic heterocycles. The van der Waals surface area contributed by atoms with E-state index in [1.54, 1.807) is 0 Å². The highest BCUT2D eigenvalue weighted by atomic mass is 32.2. The summed E-state index contributed by atoms with van der Waals surface area (Å²) in [6.07, 6.45) is -4.70. The number of benzene rings is 1. The van der Waals surface area contributed by atoms with Crippen LogP contribution in [0.4, 0.5) is 13.2 Å². The van der Waals surface area contributed by atoms with Crippen LogP contribution >= 0.6 is 12.0 Å². The van der Waals surface area contributed by atoms with Crippen LogP contribution in [0.3, 0.4) is 0 Å². The molecule has 2 aromatic rings. The van der Waals surface area contributed by atoms with Crippen LogP contribution in [-0.2, 0) is 4.18 Å². The average molecular weight is 264 g/mol. The second-order valence-electron chi connectivity index (χ2n) is 3.02. The highest BCUT2D eigenvalue weighted by Gasteiger charge is 2.31. The number of hydrogen-bond donors (Lipinski definition) is 1. The fourth-order valence-electron chi connectivity index (χ4n) is 1.28. The van der Waals surface area contributed by atoms with Gasteiger partial charge in [-0.05, 0) is 12.1 Å². The van der Waals surface area contributed by atoms with Crippen molar-refractivity contribution in [2.24, 2.45) is 0 Å². The van der Waals surface area contributed by atoms with Crippen LogP contribution in [0.1, 0.15) is 0 Å². The van der Waals surface area contributed by atoms with Crippen molar-refractivity contribution in [1.82, 2.24) is 9.97 Å². The molecule has 0 spiro atoms. The third-order valence-corrected chi connectivity index (χ3v) is 2.35. The Balaban J connectivity index is 2.30. The molecule has 92 valence electrons. The summed E-state index contributed by atoms with van der Waals surface area (Å²) in [6, 6.07) is 3.88. The van der Waals surface area contributed by atoms with Gasteiger partial charge in [-0.2, -0.15) is 0 Å². The van der Waals surface area contributed by atoms with Crippen LogP contribution in [0.25, 0.3) is 11.0 Å². The zero-order chi connectivity index (χ0) is 12.5.